The number of rotatable bonds is 4. The van der Waals surface area contributed by atoms with Crippen molar-refractivity contribution in [2.45, 2.75) is 34.1 Å². The molecule has 0 unspecified atom stereocenters. The fraction of sp³-hybridized carbons (Fsp3) is 0.500. The van der Waals surface area contributed by atoms with Gasteiger partial charge in [0.2, 0.25) is 0 Å². The van der Waals surface area contributed by atoms with Gasteiger partial charge in [-0.3, -0.25) is 4.79 Å². The van der Waals surface area contributed by atoms with Crippen LogP contribution in [0.4, 0.5) is 0 Å². The Morgan fingerprint density at radius 3 is 2.50 bits per heavy atom. The minimum atomic E-state index is -0.118. The molecule has 1 aromatic carbocycles. The van der Waals surface area contributed by atoms with Gasteiger partial charge in [-0.1, -0.05) is 31.5 Å². The summed E-state index contributed by atoms with van der Waals surface area (Å²) in [6.45, 7) is 8.56. The predicted molar refractivity (Wildman–Crippen MR) is 67.7 cm³/mol. The molecule has 0 saturated heterocycles. The fourth-order valence-corrected chi connectivity index (χ4v) is 1.64. The van der Waals surface area contributed by atoms with E-state index in [1.54, 1.807) is 0 Å². The monoisotopic (exact) mass is 219 g/mol. The Hall–Kier alpha value is -1.15. The van der Waals surface area contributed by atoms with Crippen LogP contribution < -0.4 is 5.73 Å². The summed E-state index contributed by atoms with van der Waals surface area (Å²) in [5, 5.41) is 0. The van der Waals surface area contributed by atoms with Gasteiger partial charge in [0.1, 0.15) is 0 Å². The zero-order valence-corrected chi connectivity index (χ0v) is 10.6. The van der Waals surface area contributed by atoms with Crippen LogP contribution in [-0.2, 0) is 0 Å². The first kappa shape index (κ1) is 12.9. The maximum Gasteiger partial charge on any atom is 0.163 e. The van der Waals surface area contributed by atoms with Crippen molar-refractivity contribution < 1.29 is 4.79 Å². The van der Waals surface area contributed by atoms with Crippen molar-refractivity contribution in [3.05, 3.63) is 34.9 Å². The van der Waals surface area contributed by atoms with Gasteiger partial charge in [0.15, 0.2) is 5.78 Å². The van der Waals surface area contributed by atoms with E-state index in [1.807, 2.05) is 45.9 Å². The lowest BCUT2D eigenvalue weighted by atomic mass is 9.84. The van der Waals surface area contributed by atoms with Crippen molar-refractivity contribution in [3.8, 4) is 0 Å². The number of carbonyl (C=O) groups is 1. The third-order valence-corrected chi connectivity index (χ3v) is 2.89. The van der Waals surface area contributed by atoms with E-state index in [9.17, 15) is 4.79 Å². The van der Waals surface area contributed by atoms with Crippen LogP contribution in [0.5, 0.6) is 0 Å². The van der Waals surface area contributed by atoms with E-state index < -0.39 is 0 Å². The highest BCUT2D eigenvalue weighted by molar-refractivity contribution is 5.98. The molecule has 2 heteroatoms. The van der Waals surface area contributed by atoms with Crippen molar-refractivity contribution in [1.82, 2.24) is 0 Å². The van der Waals surface area contributed by atoms with Gasteiger partial charge in [-0.05, 0) is 37.4 Å². The number of hydrogen-bond acceptors (Lipinski definition) is 2. The standard InChI is InChI=1S/C14H21NO/c1-10-5-6-11(2)12(7-10)13(16)8-14(3,4)9-15/h5-7H,8-9,15H2,1-4H3. The topological polar surface area (TPSA) is 43.1 Å². The SMILES string of the molecule is Cc1ccc(C)c(C(=O)CC(C)(C)CN)c1. The van der Waals surface area contributed by atoms with Crippen molar-refractivity contribution >= 4 is 5.78 Å². The fourth-order valence-electron chi connectivity index (χ4n) is 1.64. The van der Waals surface area contributed by atoms with Gasteiger partial charge in [0, 0.05) is 12.0 Å². The van der Waals surface area contributed by atoms with E-state index in [-0.39, 0.29) is 11.2 Å². The van der Waals surface area contributed by atoms with Crippen molar-refractivity contribution in [2.24, 2.45) is 11.1 Å². The summed E-state index contributed by atoms with van der Waals surface area (Å²) in [6.07, 6.45) is 0.508. The second-order valence-electron chi connectivity index (χ2n) is 5.29. The molecule has 1 aromatic rings. The van der Waals surface area contributed by atoms with Crippen LogP contribution in [0, 0.1) is 19.3 Å². The highest BCUT2D eigenvalue weighted by Crippen LogP contribution is 2.23. The Bertz CT molecular complexity index is 394. The molecular weight excluding hydrogens is 198 g/mol. The molecule has 0 amide bonds. The highest BCUT2D eigenvalue weighted by atomic mass is 16.1. The first-order valence-corrected chi connectivity index (χ1v) is 5.66. The lowest BCUT2D eigenvalue weighted by Crippen LogP contribution is -2.26. The first-order valence-electron chi connectivity index (χ1n) is 5.66. The lowest BCUT2D eigenvalue weighted by molar-refractivity contribution is 0.0934. The summed E-state index contributed by atoms with van der Waals surface area (Å²) in [6, 6.07) is 5.99. The minimum Gasteiger partial charge on any atom is -0.330 e. The first-order chi connectivity index (χ1) is 7.35. The van der Waals surface area contributed by atoms with Crippen molar-refractivity contribution in [3.63, 3.8) is 0 Å². The molecule has 2 nitrogen and oxygen atoms in total. The summed E-state index contributed by atoms with van der Waals surface area (Å²) >= 11 is 0. The zero-order valence-electron chi connectivity index (χ0n) is 10.6. The van der Waals surface area contributed by atoms with E-state index >= 15 is 0 Å². The van der Waals surface area contributed by atoms with E-state index in [0.717, 1.165) is 16.7 Å². The second-order valence-corrected chi connectivity index (χ2v) is 5.29. The van der Waals surface area contributed by atoms with Crippen LogP contribution in [0.1, 0.15) is 41.8 Å². The maximum absolute atomic E-state index is 12.1. The third-order valence-electron chi connectivity index (χ3n) is 2.89. The van der Waals surface area contributed by atoms with Gasteiger partial charge in [-0.25, -0.2) is 0 Å². The Labute approximate surface area is 97.9 Å². The largest absolute Gasteiger partial charge is 0.330 e. The zero-order chi connectivity index (χ0) is 12.3. The minimum absolute atomic E-state index is 0.118. The number of carbonyl (C=O) groups excluding carboxylic acids is 1. The molecule has 16 heavy (non-hydrogen) atoms. The van der Waals surface area contributed by atoms with Gasteiger partial charge in [-0.15, -0.1) is 0 Å². The molecule has 0 aromatic heterocycles. The molecule has 88 valence electrons. The number of hydrogen-bond donors (Lipinski definition) is 1. The number of aryl methyl sites for hydroxylation is 2. The van der Waals surface area contributed by atoms with Crippen molar-refractivity contribution in [2.75, 3.05) is 6.54 Å². The quantitative estimate of drug-likeness (QED) is 0.791. The predicted octanol–water partition coefficient (Wildman–Crippen LogP) is 2.86. The smallest absolute Gasteiger partial charge is 0.163 e. The van der Waals surface area contributed by atoms with Gasteiger partial charge in [0.05, 0.1) is 0 Å². The Morgan fingerprint density at radius 2 is 1.94 bits per heavy atom. The molecule has 0 aliphatic heterocycles. The Balaban J connectivity index is 2.93. The summed E-state index contributed by atoms with van der Waals surface area (Å²) in [5.41, 5.74) is 8.53. The molecular formula is C14H21NO. The van der Waals surface area contributed by atoms with Crippen LogP contribution in [0.25, 0.3) is 0 Å². The van der Waals surface area contributed by atoms with Crippen molar-refractivity contribution in [1.29, 1.82) is 0 Å². The molecule has 0 spiro atoms. The Morgan fingerprint density at radius 1 is 1.31 bits per heavy atom. The second kappa shape index (κ2) is 4.79. The van der Waals surface area contributed by atoms with E-state index in [2.05, 4.69) is 0 Å². The van der Waals surface area contributed by atoms with E-state index in [0.29, 0.717) is 13.0 Å². The molecule has 2 N–H and O–H groups in total. The summed E-state index contributed by atoms with van der Waals surface area (Å²) in [7, 11) is 0. The molecule has 0 aliphatic carbocycles. The molecule has 0 aliphatic rings. The summed E-state index contributed by atoms with van der Waals surface area (Å²) in [5.74, 6) is 0.191. The van der Waals surface area contributed by atoms with Gasteiger partial charge in [0.25, 0.3) is 0 Å². The summed E-state index contributed by atoms with van der Waals surface area (Å²) in [4.78, 5) is 12.1. The van der Waals surface area contributed by atoms with E-state index in [4.69, 9.17) is 5.73 Å². The van der Waals surface area contributed by atoms with Crippen LogP contribution in [-0.4, -0.2) is 12.3 Å². The maximum atomic E-state index is 12.1. The van der Waals surface area contributed by atoms with Gasteiger partial charge < -0.3 is 5.73 Å². The molecule has 0 atom stereocenters. The van der Waals surface area contributed by atoms with Crippen LogP contribution in [0.15, 0.2) is 18.2 Å². The van der Waals surface area contributed by atoms with Crippen LogP contribution >= 0.6 is 0 Å². The molecule has 0 fully saturated rings. The number of ketones is 1. The van der Waals surface area contributed by atoms with Crippen LogP contribution in [0.3, 0.4) is 0 Å². The number of nitrogens with two attached hydrogens (primary N) is 1. The van der Waals surface area contributed by atoms with Crippen LogP contribution in [0.2, 0.25) is 0 Å². The normalized spacial score (nSPS) is 11.6. The summed E-state index contributed by atoms with van der Waals surface area (Å²) < 4.78 is 0. The van der Waals surface area contributed by atoms with E-state index in [1.165, 1.54) is 0 Å². The lowest BCUT2D eigenvalue weighted by Gasteiger charge is -2.21. The Kier molecular flexibility index (Phi) is 3.87. The van der Waals surface area contributed by atoms with Gasteiger partial charge >= 0.3 is 0 Å². The average molecular weight is 219 g/mol. The third kappa shape index (κ3) is 3.17. The highest BCUT2D eigenvalue weighted by Gasteiger charge is 2.21. The molecule has 0 radical (unpaired) electrons. The molecule has 0 bridgehead atoms. The molecule has 0 saturated carbocycles. The molecule has 1 rings (SSSR count). The number of benzene rings is 1. The van der Waals surface area contributed by atoms with Gasteiger partial charge in [-0.2, -0.15) is 0 Å². The number of Topliss-reactive ketones (excluding diaryl/α,β-unsaturated/α-hetero) is 1. The molecule has 0 heterocycles. The average Bonchev–Trinajstić information content (AvgIpc) is 2.21.